The molecular formula is C13H20N2O2. The molecule has 0 spiro atoms. The Kier molecular flexibility index (Phi) is 4.82. The van der Waals surface area contributed by atoms with Gasteiger partial charge in [0.1, 0.15) is 5.75 Å². The average molecular weight is 236 g/mol. The lowest BCUT2D eigenvalue weighted by molar-refractivity contribution is -0.121. The van der Waals surface area contributed by atoms with Crippen LogP contribution < -0.4 is 15.8 Å². The van der Waals surface area contributed by atoms with E-state index in [1.54, 1.807) is 0 Å². The summed E-state index contributed by atoms with van der Waals surface area (Å²) < 4.78 is 5.62. The highest BCUT2D eigenvalue weighted by molar-refractivity contribution is 5.75. The van der Waals surface area contributed by atoms with Crippen LogP contribution in [0, 0.1) is 13.8 Å². The van der Waals surface area contributed by atoms with Gasteiger partial charge in [0.05, 0.1) is 13.0 Å². The molecule has 1 aromatic rings. The minimum absolute atomic E-state index is 0.0123. The van der Waals surface area contributed by atoms with Crippen molar-refractivity contribution in [3.63, 3.8) is 0 Å². The van der Waals surface area contributed by atoms with E-state index in [1.165, 1.54) is 0 Å². The number of ether oxygens (including phenoxy) is 1. The molecule has 0 saturated heterocycles. The molecule has 1 amide bonds. The van der Waals surface area contributed by atoms with Gasteiger partial charge in [0.25, 0.3) is 0 Å². The van der Waals surface area contributed by atoms with Crippen LogP contribution in [0.4, 0.5) is 5.69 Å². The maximum absolute atomic E-state index is 11.2. The van der Waals surface area contributed by atoms with Crippen molar-refractivity contribution in [2.24, 2.45) is 0 Å². The lowest BCUT2D eigenvalue weighted by Crippen LogP contribution is -2.24. The van der Waals surface area contributed by atoms with Crippen LogP contribution >= 0.6 is 0 Å². The van der Waals surface area contributed by atoms with Gasteiger partial charge in [-0.05, 0) is 44.0 Å². The highest BCUT2D eigenvalue weighted by atomic mass is 16.5. The third-order valence-electron chi connectivity index (χ3n) is 2.43. The van der Waals surface area contributed by atoms with E-state index >= 15 is 0 Å². The second-order valence-corrected chi connectivity index (χ2v) is 4.04. The van der Waals surface area contributed by atoms with Crippen molar-refractivity contribution in [3.05, 3.63) is 23.3 Å². The van der Waals surface area contributed by atoms with Gasteiger partial charge in [0, 0.05) is 12.2 Å². The number of nitrogens with two attached hydrogens (primary N) is 1. The SMILES string of the molecule is CCNC(=O)CCOc1c(C)cc(N)cc1C. The van der Waals surface area contributed by atoms with E-state index in [-0.39, 0.29) is 5.91 Å². The van der Waals surface area contributed by atoms with Gasteiger partial charge < -0.3 is 15.8 Å². The average Bonchev–Trinajstić information content (AvgIpc) is 2.22. The first-order chi connectivity index (χ1) is 8.04. The van der Waals surface area contributed by atoms with Crippen molar-refractivity contribution >= 4 is 11.6 Å². The van der Waals surface area contributed by atoms with Crippen LogP contribution in [0.1, 0.15) is 24.5 Å². The summed E-state index contributed by atoms with van der Waals surface area (Å²) in [6.45, 7) is 6.83. The Morgan fingerprint density at radius 3 is 2.47 bits per heavy atom. The van der Waals surface area contributed by atoms with E-state index in [1.807, 2.05) is 32.9 Å². The maximum atomic E-state index is 11.2. The largest absolute Gasteiger partial charge is 0.493 e. The van der Waals surface area contributed by atoms with Gasteiger partial charge >= 0.3 is 0 Å². The topological polar surface area (TPSA) is 64.3 Å². The highest BCUT2D eigenvalue weighted by Gasteiger charge is 2.06. The number of anilines is 1. The van der Waals surface area contributed by atoms with Crippen molar-refractivity contribution in [1.82, 2.24) is 5.32 Å². The summed E-state index contributed by atoms with van der Waals surface area (Å²) in [5, 5.41) is 2.73. The molecule has 0 aromatic heterocycles. The van der Waals surface area contributed by atoms with Crippen LogP contribution in [0.15, 0.2) is 12.1 Å². The molecule has 1 aromatic carbocycles. The summed E-state index contributed by atoms with van der Waals surface area (Å²) in [6.07, 6.45) is 0.372. The minimum Gasteiger partial charge on any atom is -0.493 e. The van der Waals surface area contributed by atoms with Gasteiger partial charge in [-0.25, -0.2) is 0 Å². The number of nitrogens with one attached hydrogen (secondary N) is 1. The number of carbonyl (C=O) groups is 1. The number of amides is 1. The van der Waals surface area contributed by atoms with E-state index in [2.05, 4.69) is 5.32 Å². The normalized spacial score (nSPS) is 10.1. The highest BCUT2D eigenvalue weighted by Crippen LogP contribution is 2.25. The van der Waals surface area contributed by atoms with Crippen molar-refractivity contribution < 1.29 is 9.53 Å². The molecule has 4 nitrogen and oxygen atoms in total. The zero-order valence-electron chi connectivity index (χ0n) is 10.7. The van der Waals surface area contributed by atoms with Gasteiger partial charge in [0.2, 0.25) is 5.91 Å². The van der Waals surface area contributed by atoms with Gasteiger partial charge in [0.15, 0.2) is 0 Å². The van der Waals surface area contributed by atoms with Crippen molar-refractivity contribution in [2.45, 2.75) is 27.2 Å². The first kappa shape index (κ1) is 13.4. The Hall–Kier alpha value is -1.71. The van der Waals surface area contributed by atoms with E-state index in [0.29, 0.717) is 19.6 Å². The summed E-state index contributed by atoms with van der Waals surface area (Å²) in [6, 6.07) is 3.74. The second-order valence-electron chi connectivity index (χ2n) is 4.04. The maximum Gasteiger partial charge on any atom is 0.223 e. The van der Waals surface area contributed by atoms with Crippen LogP contribution in [0.5, 0.6) is 5.75 Å². The van der Waals surface area contributed by atoms with Gasteiger partial charge in [-0.15, -0.1) is 0 Å². The lowest BCUT2D eigenvalue weighted by atomic mass is 10.1. The molecule has 0 unspecified atom stereocenters. The fraction of sp³-hybridized carbons (Fsp3) is 0.462. The predicted octanol–water partition coefficient (Wildman–Crippen LogP) is 1.79. The molecule has 3 N–H and O–H groups in total. The predicted molar refractivity (Wildman–Crippen MR) is 69.1 cm³/mol. The standard InChI is InChI=1S/C13H20N2O2/c1-4-15-12(16)5-6-17-13-9(2)7-11(14)8-10(13)3/h7-8H,4-6,14H2,1-3H3,(H,15,16). The minimum atomic E-state index is 0.0123. The summed E-state index contributed by atoms with van der Waals surface area (Å²) >= 11 is 0. The van der Waals surface area contributed by atoms with Crippen molar-refractivity contribution in [3.8, 4) is 5.75 Å². The Balaban J connectivity index is 2.55. The lowest BCUT2D eigenvalue weighted by Gasteiger charge is -2.12. The first-order valence-corrected chi connectivity index (χ1v) is 5.80. The Morgan fingerprint density at radius 1 is 1.35 bits per heavy atom. The molecule has 0 radical (unpaired) electrons. The summed E-state index contributed by atoms with van der Waals surface area (Å²) in [7, 11) is 0. The van der Waals surface area contributed by atoms with Gasteiger partial charge in [-0.1, -0.05) is 0 Å². The zero-order chi connectivity index (χ0) is 12.8. The molecule has 0 aliphatic rings. The smallest absolute Gasteiger partial charge is 0.223 e. The monoisotopic (exact) mass is 236 g/mol. The van der Waals surface area contributed by atoms with E-state index in [0.717, 1.165) is 22.6 Å². The number of hydrogen-bond acceptors (Lipinski definition) is 3. The molecule has 0 aliphatic carbocycles. The number of rotatable bonds is 5. The fourth-order valence-corrected chi connectivity index (χ4v) is 1.74. The summed E-state index contributed by atoms with van der Waals surface area (Å²) in [5.41, 5.74) is 8.45. The zero-order valence-corrected chi connectivity index (χ0v) is 10.7. The Morgan fingerprint density at radius 2 is 1.94 bits per heavy atom. The van der Waals surface area contributed by atoms with Crippen LogP contribution in [0.2, 0.25) is 0 Å². The van der Waals surface area contributed by atoms with Crippen LogP contribution in [0.25, 0.3) is 0 Å². The number of benzene rings is 1. The van der Waals surface area contributed by atoms with E-state index in [9.17, 15) is 4.79 Å². The third kappa shape index (κ3) is 3.98. The van der Waals surface area contributed by atoms with Gasteiger partial charge in [-0.3, -0.25) is 4.79 Å². The molecule has 0 atom stereocenters. The molecule has 94 valence electrons. The molecule has 0 saturated carbocycles. The molecule has 0 bridgehead atoms. The quantitative estimate of drug-likeness (QED) is 0.766. The molecular weight excluding hydrogens is 216 g/mol. The molecule has 4 heteroatoms. The number of aryl methyl sites for hydroxylation is 2. The van der Waals surface area contributed by atoms with Gasteiger partial charge in [-0.2, -0.15) is 0 Å². The second kappa shape index (κ2) is 6.13. The number of hydrogen-bond donors (Lipinski definition) is 2. The molecule has 0 fully saturated rings. The fourth-order valence-electron chi connectivity index (χ4n) is 1.74. The molecule has 1 rings (SSSR count). The molecule has 17 heavy (non-hydrogen) atoms. The molecule has 0 aliphatic heterocycles. The molecule has 0 heterocycles. The first-order valence-electron chi connectivity index (χ1n) is 5.80. The summed E-state index contributed by atoms with van der Waals surface area (Å²) in [4.78, 5) is 11.2. The number of carbonyl (C=O) groups excluding carboxylic acids is 1. The Labute approximate surface area is 102 Å². The Bertz CT molecular complexity index is 379. The summed E-state index contributed by atoms with van der Waals surface area (Å²) in [5.74, 6) is 0.835. The van der Waals surface area contributed by atoms with Crippen LogP contribution in [-0.4, -0.2) is 19.1 Å². The van der Waals surface area contributed by atoms with E-state index < -0.39 is 0 Å². The third-order valence-corrected chi connectivity index (χ3v) is 2.43. The van der Waals surface area contributed by atoms with Crippen LogP contribution in [0.3, 0.4) is 0 Å². The number of nitrogen functional groups attached to an aromatic ring is 1. The van der Waals surface area contributed by atoms with Crippen LogP contribution in [-0.2, 0) is 4.79 Å². The van der Waals surface area contributed by atoms with Crippen molar-refractivity contribution in [2.75, 3.05) is 18.9 Å². The van der Waals surface area contributed by atoms with Crippen molar-refractivity contribution in [1.29, 1.82) is 0 Å². The van der Waals surface area contributed by atoms with E-state index in [4.69, 9.17) is 10.5 Å².